The molecular weight excluding hydrogens is 423 g/mol. The Balaban J connectivity index is 0.00000196. The Kier molecular flexibility index (Phi) is 9.16. The van der Waals surface area contributed by atoms with Crippen molar-refractivity contribution < 1.29 is 13.2 Å². The van der Waals surface area contributed by atoms with E-state index in [0.717, 1.165) is 30.5 Å². The van der Waals surface area contributed by atoms with Crippen molar-refractivity contribution in [2.45, 2.75) is 36.6 Å². The number of anilines is 1. The lowest BCUT2D eigenvalue weighted by Gasteiger charge is -2.26. The zero-order chi connectivity index (χ0) is 18.6. The van der Waals surface area contributed by atoms with Gasteiger partial charge in [0.2, 0.25) is 15.9 Å². The fourth-order valence-corrected chi connectivity index (χ4v) is 4.13. The maximum atomic E-state index is 12.2. The summed E-state index contributed by atoms with van der Waals surface area (Å²) in [4.78, 5) is 16.1. The van der Waals surface area contributed by atoms with Gasteiger partial charge in [-0.15, -0.1) is 24.8 Å². The molecule has 0 fully saturated rings. The lowest BCUT2D eigenvalue weighted by atomic mass is 9.87. The average molecular weight is 447 g/mol. The largest absolute Gasteiger partial charge is 0.399 e. The molecule has 1 atom stereocenters. The number of fused-ring (bicyclic) bond motifs is 1. The number of hydrogen-bond donors (Lipinski definition) is 3. The fraction of sp³-hybridized carbons (Fsp3) is 0.333. The number of nitrogen functional groups attached to an aromatic ring is 1. The topological polar surface area (TPSA) is 114 Å². The first-order valence-corrected chi connectivity index (χ1v) is 10.0. The third kappa shape index (κ3) is 6.07. The molecule has 1 aliphatic carbocycles. The number of pyridine rings is 1. The number of nitrogens with two attached hydrogens (primary N) is 1. The van der Waals surface area contributed by atoms with Crippen molar-refractivity contribution in [2.75, 3.05) is 12.3 Å². The Hall–Kier alpha value is -1.87. The lowest BCUT2D eigenvalue weighted by molar-refractivity contribution is -0.121. The van der Waals surface area contributed by atoms with Gasteiger partial charge in [-0.2, -0.15) is 0 Å². The van der Waals surface area contributed by atoms with Crippen molar-refractivity contribution in [3.63, 3.8) is 0 Å². The molecule has 28 heavy (non-hydrogen) atoms. The number of carbonyl (C=O) groups is 1. The van der Waals surface area contributed by atoms with Crippen LogP contribution < -0.4 is 15.8 Å². The molecule has 154 valence electrons. The zero-order valence-corrected chi connectivity index (χ0v) is 17.6. The molecule has 10 heteroatoms. The molecule has 0 bridgehead atoms. The van der Waals surface area contributed by atoms with Crippen molar-refractivity contribution in [2.24, 2.45) is 0 Å². The number of aryl methyl sites for hydroxylation is 1. The van der Waals surface area contributed by atoms with Gasteiger partial charge in [0.1, 0.15) is 4.90 Å². The second-order valence-corrected chi connectivity index (χ2v) is 8.07. The van der Waals surface area contributed by atoms with Gasteiger partial charge < -0.3 is 11.1 Å². The summed E-state index contributed by atoms with van der Waals surface area (Å²) in [6, 6.07) is 8.71. The first kappa shape index (κ1) is 24.2. The predicted molar refractivity (Wildman–Crippen MR) is 113 cm³/mol. The van der Waals surface area contributed by atoms with Gasteiger partial charge in [0.25, 0.3) is 0 Å². The highest BCUT2D eigenvalue weighted by Crippen LogP contribution is 2.30. The highest BCUT2D eigenvalue weighted by atomic mass is 35.5. The summed E-state index contributed by atoms with van der Waals surface area (Å²) >= 11 is 0. The van der Waals surface area contributed by atoms with Crippen molar-refractivity contribution in [3.05, 3.63) is 53.9 Å². The van der Waals surface area contributed by atoms with Crippen LogP contribution in [0.15, 0.2) is 47.6 Å². The normalized spacial score (nSPS) is 15.5. The number of nitrogens with zero attached hydrogens (tertiary/aromatic N) is 1. The summed E-state index contributed by atoms with van der Waals surface area (Å²) in [5.74, 6) is -0.187. The van der Waals surface area contributed by atoms with Gasteiger partial charge in [-0.3, -0.25) is 9.78 Å². The van der Waals surface area contributed by atoms with Gasteiger partial charge >= 0.3 is 0 Å². The van der Waals surface area contributed by atoms with Crippen molar-refractivity contribution in [1.29, 1.82) is 0 Å². The van der Waals surface area contributed by atoms with Gasteiger partial charge in [-0.05, 0) is 54.7 Å². The molecule has 4 N–H and O–H groups in total. The van der Waals surface area contributed by atoms with Gasteiger partial charge in [-0.25, -0.2) is 13.1 Å². The molecule has 1 aromatic heterocycles. The first-order chi connectivity index (χ1) is 12.5. The Labute approximate surface area is 177 Å². The van der Waals surface area contributed by atoms with Gasteiger partial charge in [0.05, 0.1) is 6.04 Å². The number of aromatic nitrogens is 1. The minimum Gasteiger partial charge on any atom is -0.399 e. The van der Waals surface area contributed by atoms with E-state index < -0.39 is 10.0 Å². The summed E-state index contributed by atoms with van der Waals surface area (Å²) in [5.41, 5.74) is 8.81. The molecule has 3 rings (SSSR count). The van der Waals surface area contributed by atoms with E-state index in [4.69, 9.17) is 5.73 Å². The van der Waals surface area contributed by atoms with Crippen LogP contribution in [0, 0.1) is 0 Å². The molecule has 0 spiro atoms. The smallest absolute Gasteiger partial charge is 0.242 e. The highest BCUT2D eigenvalue weighted by Gasteiger charge is 2.22. The average Bonchev–Trinajstić information content (AvgIpc) is 2.62. The second kappa shape index (κ2) is 10.6. The molecule has 0 aliphatic heterocycles. The summed E-state index contributed by atoms with van der Waals surface area (Å²) in [6.45, 7) is 0.0321. The summed E-state index contributed by atoms with van der Waals surface area (Å²) in [6.07, 6.45) is 5.65. The molecule has 1 heterocycles. The molecule has 1 unspecified atom stereocenters. The third-order valence-corrected chi connectivity index (χ3v) is 5.85. The minimum absolute atomic E-state index is 0. The van der Waals surface area contributed by atoms with E-state index in [2.05, 4.69) is 15.0 Å². The quantitative estimate of drug-likeness (QED) is 0.589. The zero-order valence-electron chi connectivity index (χ0n) is 15.1. The predicted octanol–water partition coefficient (Wildman–Crippen LogP) is 2.37. The van der Waals surface area contributed by atoms with Crippen molar-refractivity contribution in [1.82, 2.24) is 15.0 Å². The van der Waals surface area contributed by atoms with Crippen molar-refractivity contribution >= 4 is 46.4 Å². The van der Waals surface area contributed by atoms with E-state index in [1.165, 1.54) is 24.0 Å². The maximum Gasteiger partial charge on any atom is 0.242 e. The molecule has 1 aromatic carbocycles. The molecule has 0 saturated carbocycles. The highest BCUT2D eigenvalue weighted by molar-refractivity contribution is 7.89. The fourth-order valence-electron chi connectivity index (χ4n) is 3.14. The van der Waals surface area contributed by atoms with E-state index in [0.29, 0.717) is 0 Å². The van der Waals surface area contributed by atoms with Crippen LogP contribution in [0.3, 0.4) is 0 Å². The summed E-state index contributed by atoms with van der Waals surface area (Å²) in [7, 11) is -3.65. The summed E-state index contributed by atoms with van der Waals surface area (Å²) < 4.78 is 26.6. The number of rotatable bonds is 6. The van der Waals surface area contributed by atoms with E-state index in [9.17, 15) is 13.2 Å². The molecule has 2 aromatic rings. The monoisotopic (exact) mass is 446 g/mol. The van der Waals surface area contributed by atoms with Crippen LogP contribution in [0.1, 0.15) is 36.4 Å². The number of benzene rings is 1. The van der Waals surface area contributed by atoms with E-state index >= 15 is 0 Å². The maximum absolute atomic E-state index is 12.2. The van der Waals surface area contributed by atoms with Crippen molar-refractivity contribution in [3.8, 4) is 0 Å². The molecule has 0 saturated heterocycles. The van der Waals surface area contributed by atoms with Crippen LogP contribution in [0.2, 0.25) is 0 Å². The van der Waals surface area contributed by atoms with Gasteiger partial charge in [-0.1, -0.05) is 6.07 Å². The van der Waals surface area contributed by atoms with Gasteiger partial charge in [0.15, 0.2) is 0 Å². The molecule has 1 amide bonds. The van der Waals surface area contributed by atoms with Crippen LogP contribution in [0.5, 0.6) is 0 Å². The van der Waals surface area contributed by atoms with Crippen LogP contribution >= 0.6 is 24.8 Å². The summed E-state index contributed by atoms with van der Waals surface area (Å²) in [5, 5.41) is 2.99. The Morgan fingerprint density at radius 3 is 2.75 bits per heavy atom. The van der Waals surface area contributed by atoms with E-state index in [1.807, 2.05) is 18.2 Å². The van der Waals surface area contributed by atoms with Crippen LogP contribution in [0.25, 0.3) is 0 Å². The molecule has 0 radical (unpaired) electrons. The number of nitrogens with one attached hydrogen (secondary N) is 2. The minimum atomic E-state index is -3.65. The van der Waals surface area contributed by atoms with Gasteiger partial charge in [0, 0.05) is 31.0 Å². The third-order valence-electron chi connectivity index (χ3n) is 4.41. The van der Waals surface area contributed by atoms with Crippen LogP contribution in [-0.2, 0) is 21.2 Å². The number of amides is 1. The Morgan fingerprint density at radius 2 is 2.04 bits per heavy atom. The molecular formula is C18H24Cl2N4O3S. The Bertz CT molecular complexity index is 895. The van der Waals surface area contributed by atoms with Crippen LogP contribution in [0.4, 0.5) is 5.69 Å². The SMILES string of the molecule is Cl.Cl.Nc1ccc2c(c1)CCCC2NC(=O)CCNS(=O)(=O)c1cccnc1. The Morgan fingerprint density at radius 1 is 1.25 bits per heavy atom. The van der Waals surface area contributed by atoms with E-state index in [1.54, 1.807) is 6.07 Å². The van der Waals surface area contributed by atoms with E-state index in [-0.39, 0.29) is 54.6 Å². The number of halogens is 2. The molecule has 7 nitrogen and oxygen atoms in total. The molecule has 1 aliphatic rings. The first-order valence-electron chi connectivity index (χ1n) is 8.53. The second-order valence-electron chi connectivity index (χ2n) is 6.31. The van der Waals surface area contributed by atoms with Crippen LogP contribution in [-0.4, -0.2) is 25.9 Å². The number of sulfonamides is 1. The number of hydrogen-bond acceptors (Lipinski definition) is 5. The number of carbonyl (C=O) groups excluding carboxylic acids is 1. The lowest BCUT2D eigenvalue weighted by Crippen LogP contribution is -2.34. The standard InChI is InChI=1S/C18H22N4O3S.2ClH/c19-14-6-7-16-13(11-14)3-1-5-17(16)22-18(23)8-10-21-26(24,25)15-4-2-9-20-12-15;;/h2,4,6-7,9,11-12,17,21H,1,3,5,8,10,19H2,(H,22,23);2*1H.